The molecule has 4 aromatic rings. The Kier molecular flexibility index (Phi) is 5.70. The average Bonchev–Trinajstić information content (AvgIpc) is 3.24. The van der Waals surface area contributed by atoms with Crippen LogP contribution in [0.4, 0.5) is 11.4 Å². The smallest absolute Gasteiger partial charge is 0.239 e. The molecule has 0 saturated carbocycles. The van der Waals surface area contributed by atoms with Crippen LogP contribution in [0.5, 0.6) is 5.75 Å². The zero-order chi connectivity index (χ0) is 26.7. The first-order valence-corrected chi connectivity index (χ1v) is 14.2. The Bertz CT molecular complexity index is 1600. The fraction of sp³-hybridized carbons (Fsp3) is 0.182. The van der Waals surface area contributed by atoms with E-state index in [4.69, 9.17) is 9.73 Å². The first-order valence-electron chi connectivity index (χ1n) is 13.1. The summed E-state index contributed by atoms with van der Waals surface area (Å²) in [5, 5.41) is 0. The lowest BCUT2D eigenvalue weighted by molar-refractivity contribution is -0.122. The molecule has 0 N–H and O–H groups in total. The molecule has 8 rings (SSSR count). The van der Waals surface area contributed by atoms with Crippen molar-refractivity contribution in [2.45, 2.75) is 18.3 Å². The third-order valence-corrected chi connectivity index (χ3v) is 9.05. The standard InChI is InChI=1S/C33H25IN2O3/c1-2-39-23-17-15-22(16-18-23)36-31(37)29-28-24-7-3-5-9-26(24)33(30(29)32(36)38,27-10-6-4-8-25(27)28)19-35-21-13-11-20(34)12-14-21/h3-19,28-30H,2H2,1H3/t28?,29-,30+,33?/m0/s1. The molecule has 4 aromatic carbocycles. The number of ether oxygens (including phenoxy) is 1. The number of imide groups is 1. The molecule has 2 amide bonds. The summed E-state index contributed by atoms with van der Waals surface area (Å²) >= 11 is 2.28. The van der Waals surface area contributed by atoms with Crippen LogP contribution in [0.3, 0.4) is 0 Å². The molecule has 4 aliphatic rings. The number of halogens is 1. The van der Waals surface area contributed by atoms with Crippen molar-refractivity contribution >= 4 is 52.0 Å². The fourth-order valence-electron chi connectivity index (χ4n) is 6.87. The van der Waals surface area contributed by atoms with Crippen molar-refractivity contribution in [1.82, 2.24) is 0 Å². The van der Waals surface area contributed by atoms with E-state index in [1.165, 1.54) is 4.90 Å². The number of benzene rings is 4. The van der Waals surface area contributed by atoms with Gasteiger partial charge in [-0.25, -0.2) is 4.90 Å². The Labute approximate surface area is 240 Å². The number of carbonyl (C=O) groups excluding carboxylic acids is 2. The molecule has 6 heteroatoms. The molecule has 5 nitrogen and oxygen atoms in total. The van der Waals surface area contributed by atoms with E-state index in [1.807, 2.05) is 73.8 Å². The average molecular weight is 624 g/mol. The maximum absolute atomic E-state index is 14.4. The number of anilines is 1. The van der Waals surface area contributed by atoms with Gasteiger partial charge in [-0.05, 0) is 100 Å². The van der Waals surface area contributed by atoms with Crippen LogP contribution in [0.15, 0.2) is 102 Å². The summed E-state index contributed by atoms with van der Waals surface area (Å²) in [5.74, 6) is -0.942. The highest BCUT2D eigenvalue weighted by atomic mass is 127. The van der Waals surface area contributed by atoms with Gasteiger partial charge in [0.25, 0.3) is 0 Å². The molecule has 0 aromatic heterocycles. The highest BCUT2D eigenvalue weighted by Gasteiger charge is 2.67. The van der Waals surface area contributed by atoms with E-state index in [0.717, 1.165) is 31.5 Å². The molecule has 2 atom stereocenters. The topological polar surface area (TPSA) is 59.0 Å². The molecular weight excluding hydrogens is 599 g/mol. The van der Waals surface area contributed by atoms with E-state index in [9.17, 15) is 9.59 Å². The van der Waals surface area contributed by atoms with Crippen LogP contribution < -0.4 is 9.64 Å². The lowest BCUT2D eigenvalue weighted by Gasteiger charge is -2.52. The number of hydrogen-bond donors (Lipinski definition) is 0. The van der Waals surface area contributed by atoms with Crippen molar-refractivity contribution in [2.24, 2.45) is 16.8 Å². The Balaban J connectivity index is 1.44. The van der Waals surface area contributed by atoms with Gasteiger partial charge in [-0.15, -0.1) is 0 Å². The van der Waals surface area contributed by atoms with Crippen LogP contribution in [0.1, 0.15) is 35.1 Å². The lowest BCUT2D eigenvalue weighted by Crippen LogP contribution is -2.54. The van der Waals surface area contributed by atoms with Crippen molar-refractivity contribution in [3.05, 3.63) is 123 Å². The fourth-order valence-corrected chi connectivity index (χ4v) is 7.23. The molecule has 0 radical (unpaired) electrons. The normalized spacial score (nSPS) is 24.6. The summed E-state index contributed by atoms with van der Waals surface area (Å²) in [4.78, 5) is 35.0. The Hall–Kier alpha value is -3.78. The molecule has 1 heterocycles. The van der Waals surface area contributed by atoms with Crippen LogP contribution in [0, 0.1) is 15.4 Å². The second kappa shape index (κ2) is 9.16. The second-order valence-electron chi connectivity index (χ2n) is 10.2. The highest BCUT2D eigenvalue weighted by molar-refractivity contribution is 14.1. The molecular formula is C33H25IN2O3. The number of aliphatic imine (C=N–C) groups is 1. The van der Waals surface area contributed by atoms with Gasteiger partial charge >= 0.3 is 0 Å². The largest absolute Gasteiger partial charge is 0.494 e. The third kappa shape index (κ3) is 3.47. The molecule has 1 saturated heterocycles. The van der Waals surface area contributed by atoms with Crippen LogP contribution in [0.25, 0.3) is 0 Å². The molecule has 1 aliphatic heterocycles. The van der Waals surface area contributed by atoms with Crippen molar-refractivity contribution in [3.8, 4) is 5.75 Å². The second-order valence-corrected chi connectivity index (χ2v) is 11.4. The van der Waals surface area contributed by atoms with E-state index in [1.54, 1.807) is 12.1 Å². The van der Waals surface area contributed by atoms with E-state index in [0.29, 0.717) is 18.0 Å². The minimum atomic E-state index is -0.873. The quantitative estimate of drug-likeness (QED) is 0.142. The number of rotatable bonds is 5. The predicted molar refractivity (Wildman–Crippen MR) is 160 cm³/mol. The van der Waals surface area contributed by atoms with Crippen LogP contribution >= 0.6 is 22.6 Å². The van der Waals surface area contributed by atoms with E-state index < -0.39 is 17.3 Å². The van der Waals surface area contributed by atoms with Gasteiger partial charge in [0.05, 0.1) is 35.2 Å². The SMILES string of the molecule is CCOc1ccc(N2C(=O)[C@H]3C4c5ccccc5C(C=Nc5ccc(I)cc5)(c5ccccc54)[C@H]3C2=O)cc1. The van der Waals surface area contributed by atoms with Crippen LogP contribution in [-0.4, -0.2) is 24.6 Å². The number of amides is 2. The Morgan fingerprint density at radius 1 is 0.846 bits per heavy atom. The molecule has 2 bridgehead atoms. The van der Waals surface area contributed by atoms with Gasteiger partial charge in [0.2, 0.25) is 11.8 Å². The van der Waals surface area contributed by atoms with Gasteiger partial charge in [-0.1, -0.05) is 48.5 Å². The zero-order valence-electron chi connectivity index (χ0n) is 21.3. The summed E-state index contributed by atoms with van der Waals surface area (Å²) in [6, 6.07) is 31.7. The number of nitrogens with zero attached hydrogens (tertiary/aromatic N) is 2. The third-order valence-electron chi connectivity index (χ3n) is 8.33. The van der Waals surface area contributed by atoms with Crippen molar-refractivity contribution in [3.63, 3.8) is 0 Å². The first kappa shape index (κ1) is 24.3. The predicted octanol–water partition coefficient (Wildman–Crippen LogP) is 6.64. The highest BCUT2D eigenvalue weighted by Crippen LogP contribution is 2.63. The Morgan fingerprint density at radius 2 is 1.46 bits per heavy atom. The van der Waals surface area contributed by atoms with Gasteiger partial charge in [-0.2, -0.15) is 0 Å². The lowest BCUT2D eigenvalue weighted by atomic mass is 9.47. The van der Waals surface area contributed by atoms with Gasteiger partial charge in [-0.3, -0.25) is 14.6 Å². The molecule has 1 fully saturated rings. The van der Waals surface area contributed by atoms with Gasteiger partial charge in [0.1, 0.15) is 5.75 Å². The summed E-state index contributed by atoms with van der Waals surface area (Å²) in [5.41, 5.74) is 4.81. The monoisotopic (exact) mass is 624 g/mol. The first-order chi connectivity index (χ1) is 19.0. The van der Waals surface area contributed by atoms with Gasteiger partial charge < -0.3 is 4.74 Å². The number of carbonyl (C=O) groups is 2. The summed E-state index contributed by atoms with van der Waals surface area (Å²) < 4.78 is 6.72. The van der Waals surface area contributed by atoms with Gasteiger partial charge in [0, 0.05) is 15.7 Å². The van der Waals surface area contributed by atoms with Crippen molar-refractivity contribution in [1.29, 1.82) is 0 Å². The maximum atomic E-state index is 14.4. The molecule has 192 valence electrons. The minimum Gasteiger partial charge on any atom is -0.494 e. The van der Waals surface area contributed by atoms with Crippen molar-refractivity contribution < 1.29 is 14.3 Å². The molecule has 39 heavy (non-hydrogen) atoms. The summed E-state index contributed by atoms with van der Waals surface area (Å²) in [7, 11) is 0. The van der Waals surface area contributed by atoms with Crippen LogP contribution in [-0.2, 0) is 15.0 Å². The minimum absolute atomic E-state index is 0.157. The van der Waals surface area contributed by atoms with Crippen molar-refractivity contribution in [2.75, 3.05) is 11.5 Å². The maximum Gasteiger partial charge on any atom is 0.239 e. The summed E-state index contributed by atoms with van der Waals surface area (Å²) in [6.45, 7) is 2.47. The summed E-state index contributed by atoms with van der Waals surface area (Å²) in [6.07, 6.45) is 1.94. The molecule has 3 aliphatic carbocycles. The van der Waals surface area contributed by atoms with E-state index >= 15 is 0 Å². The zero-order valence-corrected chi connectivity index (χ0v) is 23.4. The van der Waals surface area contributed by atoms with Crippen LogP contribution in [0.2, 0.25) is 0 Å². The Morgan fingerprint density at radius 3 is 2.08 bits per heavy atom. The molecule has 0 spiro atoms. The number of hydrogen-bond acceptors (Lipinski definition) is 4. The van der Waals surface area contributed by atoms with Gasteiger partial charge in [0.15, 0.2) is 0 Å². The van der Waals surface area contributed by atoms with E-state index in [-0.39, 0.29) is 17.7 Å². The molecule has 0 unspecified atom stereocenters. The van der Waals surface area contributed by atoms with E-state index in [2.05, 4.69) is 46.9 Å².